The summed E-state index contributed by atoms with van der Waals surface area (Å²) in [6.07, 6.45) is -0.111. The van der Waals surface area contributed by atoms with Gasteiger partial charge in [-0.2, -0.15) is 0 Å². The van der Waals surface area contributed by atoms with Gasteiger partial charge in [0.1, 0.15) is 5.84 Å². The molecule has 3 nitrogen and oxygen atoms in total. The number of hydrogen-bond acceptors (Lipinski definition) is 2. The van der Waals surface area contributed by atoms with Crippen molar-refractivity contribution in [3.8, 4) is 0 Å². The lowest BCUT2D eigenvalue weighted by Crippen LogP contribution is -2.15. The molecular weight excluding hydrogens is 178 g/mol. The van der Waals surface area contributed by atoms with Gasteiger partial charge in [-0.1, -0.05) is 17.3 Å². The van der Waals surface area contributed by atoms with E-state index in [0.29, 0.717) is 0 Å². The van der Waals surface area contributed by atoms with E-state index < -0.39 is 11.6 Å². The summed E-state index contributed by atoms with van der Waals surface area (Å²) in [5, 5.41) is 10.9. The maximum absolute atomic E-state index is 12.9. The molecule has 0 bridgehead atoms. The number of oxime groups is 1. The molecule has 70 valence electrons. The van der Waals surface area contributed by atoms with Crippen LogP contribution >= 0.6 is 0 Å². The van der Waals surface area contributed by atoms with Crippen molar-refractivity contribution in [2.45, 2.75) is 6.42 Å². The number of halogens is 2. The molecule has 5 heteroatoms. The molecule has 0 spiro atoms. The van der Waals surface area contributed by atoms with Crippen LogP contribution in [0, 0.1) is 11.6 Å². The van der Waals surface area contributed by atoms with Gasteiger partial charge in [-0.15, -0.1) is 0 Å². The summed E-state index contributed by atoms with van der Waals surface area (Å²) >= 11 is 0. The zero-order chi connectivity index (χ0) is 9.84. The monoisotopic (exact) mass is 186 g/mol. The molecule has 0 radical (unpaired) electrons. The Hall–Kier alpha value is -1.65. The van der Waals surface area contributed by atoms with Gasteiger partial charge in [0, 0.05) is 6.42 Å². The highest BCUT2D eigenvalue weighted by Crippen LogP contribution is 2.11. The molecule has 0 aliphatic carbocycles. The van der Waals surface area contributed by atoms with E-state index in [1.165, 1.54) is 12.1 Å². The van der Waals surface area contributed by atoms with Gasteiger partial charge in [0.05, 0.1) is 0 Å². The molecule has 1 rings (SSSR count). The van der Waals surface area contributed by atoms with Crippen molar-refractivity contribution >= 4 is 5.84 Å². The molecule has 0 saturated heterocycles. The second-order valence-electron chi connectivity index (χ2n) is 2.48. The van der Waals surface area contributed by atoms with Gasteiger partial charge in [-0.25, -0.2) is 8.78 Å². The molecule has 0 unspecified atom stereocenters. The summed E-state index contributed by atoms with van der Waals surface area (Å²) in [6.45, 7) is 0. The lowest BCUT2D eigenvalue weighted by molar-refractivity contribution is 0.317. The van der Waals surface area contributed by atoms with Crippen molar-refractivity contribution in [2.24, 2.45) is 10.9 Å². The second-order valence-corrected chi connectivity index (χ2v) is 2.48. The number of hydrogen-bond donors (Lipinski definition) is 2. The molecule has 0 fully saturated rings. The Morgan fingerprint density at radius 1 is 1.46 bits per heavy atom. The van der Waals surface area contributed by atoms with Gasteiger partial charge in [0.25, 0.3) is 0 Å². The van der Waals surface area contributed by atoms with Crippen LogP contribution in [0.5, 0.6) is 0 Å². The van der Waals surface area contributed by atoms with E-state index in [0.717, 1.165) is 6.07 Å². The topological polar surface area (TPSA) is 58.6 Å². The Balaban J connectivity index is 2.96. The minimum absolute atomic E-state index is 0.0651. The molecule has 1 aromatic carbocycles. The summed E-state index contributed by atoms with van der Waals surface area (Å²) in [7, 11) is 0. The first-order valence-corrected chi connectivity index (χ1v) is 3.54. The van der Waals surface area contributed by atoms with Crippen LogP contribution in [0.1, 0.15) is 5.56 Å². The molecule has 0 amide bonds. The van der Waals surface area contributed by atoms with Gasteiger partial charge in [0.2, 0.25) is 0 Å². The first-order valence-electron chi connectivity index (χ1n) is 3.54. The third kappa shape index (κ3) is 2.14. The van der Waals surface area contributed by atoms with Crippen molar-refractivity contribution in [3.05, 3.63) is 35.4 Å². The highest BCUT2D eigenvalue weighted by Gasteiger charge is 2.08. The van der Waals surface area contributed by atoms with Crippen molar-refractivity contribution < 1.29 is 14.0 Å². The van der Waals surface area contributed by atoms with E-state index in [1.807, 2.05) is 0 Å². The maximum Gasteiger partial charge on any atom is 0.162 e. The fraction of sp³-hybridized carbons (Fsp3) is 0.125. The maximum atomic E-state index is 12.9. The summed E-state index contributed by atoms with van der Waals surface area (Å²) in [5.41, 5.74) is 5.20. The molecule has 0 aromatic heterocycles. The van der Waals surface area contributed by atoms with Gasteiger partial charge in [-0.05, 0) is 11.6 Å². The van der Waals surface area contributed by atoms with Gasteiger partial charge >= 0.3 is 0 Å². The first-order chi connectivity index (χ1) is 6.15. The number of nitrogens with two attached hydrogens (primary N) is 1. The Bertz CT molecular complexity index is 339. The lowest BCUT2D eigenvalue weighted by atomic mass is 10.1. The molecular formula is C8H8F2N2O. The summed E-state index contributed by atoms with van der Waals surface area (Å²) < 4.78 is 25.5. The largest absolute Gasteiger partial charge is 0.409 e. The fourth-order valence-electron chi connectivity index (χ4n) is 0.915. The molecule has 0 saturated carbocycles. The number of rotatable bonds is 2. The minimum Gasteiger partial charge on any atom is -0.409 e. The molecule has 0 heterocycles. The molecule has 0 atom stereocenters. The van der Waals surface area contributed by atoms with Crippen molar-refractivity contribution in [2.75, 3.05) is 0 Å². The van der Waals surface area contributed by atoms with E-state index in [4.69, 9.17) is 10.9 Å². The van der Waals surface area contributed by atoms with Crippen LogP contribution in [0.2, 0.25) is 0 Å². The highest BCUT2D eigenvalue weighted by atomic mass is 19.2. The van der Waals surface area contributed by atoms with E-state index in [9.17, 15) is 8.78 Å². The number of benzene rings is 1. The minimum atomic E-state index is -0.964. The smallest absolute Gasteiger partial charge is 0.162 e. The fourth-order valence-corrected chi connectivity index (χ4v) is 0.915. The normalized spacial score (nSPS) is 11.7. The first kappa shape index (κ1) is 9.44. The Labute approximate surface area is 73.5 Å². The summed E-state index contributed by atoms with van der Waals surface area (Å²) in [6, 6.07) is 3.74. The van der Waals surface area contributed by atoms with Crippen LogP contribution in [-0.2, 0) is 6.42 Å². The second kappa shape index (κ2) is 3.84. The van der Waals surface area contributed by atoms with Crippen LogP contribution in [0.25, 0.3) is 0 Å². The van der Waals surface area contributed by atoms with Crippen LogP contribution < -0.4 is 5.73 Å². The number of nitrogens with zero attached hydrogens (tertiary/aromatic N) is 1. The zero-order valence-electron chi connectivity index (χ0n) is 6.67. The van der Waals surface area contributed by atoms with Gasteiger partial charge in [0.15, 0.2) is 11.6 Å². The molecule has 13 heavy (non-hydrogen) atoms. The Morgan fingerprint density at radius 3 is 2.77 bits per heavy atom. The summed E-state index contributed by atoms with van der Waals surface area (Å²) in [4.78, 5) is 0. The number of amidine groups is 1. The zero-order valence-corrected chi connectivity index (χ0v) is 6.67. The van der Waals surface area contributed by atoms with Crippen LogP contribution in [-0.4, -0.2) is 11.0 Å². The van der Waals surface area contributed by atoms with E-state index in [2.05, 4.69) is 5.16 Å². The molecule has 0 aliphatic heterocycles. The average molecular weight is 186 g/mol. The van der Waals surface area contributed by atoms with Gasteiger partial charge in [-0.3, -0.25) is 0 Å². The predicted octanol–water partition coefficient (Wildman–Crippen LogP) is 1.25. The Kier molecular flexibility index (Phi) is 2.79. The molecule has 0 aliphatic rings. The van der Waals surface area contributed by atoms with Crippen molar-refractivity contribution in [1.82, 2.24) is 0 Å². The van der Waals surface area contributed by atoms with Crippen LogP contribution in [0.15, 0.2) is 23.4 Å². The summed E-state index contributed by atoms with van der Waals surface area (Å²) in [5.74, 6) is -2.07. The Morgan fingerprint density at radius 2 is 2.15 bits per heavy atom. The SMILES string of the molecule is N/C(Cc1cccc(F)c1F)=N/O. The van der Waals surface area contributed by atoms with Crippen LogP contribution in [0.3, 0.4) is 0 Å². The van der Waals surface area contributed by atoms with E-state index in [1.54, 1.807) is 0 Å². The molecule has 3 N–H and O–H groups in total. The lowest BCUT2D eigenvalue weighted by Gasteiger charge is -2.01. The van der Waals surface area contributed by atoms with E-state index in [-0.39, 0.29) is 17.8 Å². The van der Waals surface area contributed by atoms with Crippen LogP contribution in [0.4, 0.5) is 8.78 Å². The van der Waals surface area contributed by atoms with Crippen molar-refractivity contribution in [3.63, 3.8) is 0 Å². The highest BCUT2D eigenvalue weighted by molar-refractivity contribution is 5.82. The third-order valence-electron chi connectivity index (χ3n) is 1.53. The predicted molar refractivity (Wildman–Crippen MR) is 43.5 cm³/mol. The third-order valence-corrected chi connectivity index (χ3v) is 1.53. The molecule has 1 aromatic rings. The van der Waals surface area contributed by atoms with E-state index >= 15 is 0 Å². The van der Waals surface area contributed by atoms with Crippen molar-refractivity contribution in [1.29, 1.82) is 0 Å². The quantitative estimate of drug-likeness (QED) is 0.316. The standard InChI is InChI=1S/C8H8F2N2O/c9-6-3-1-2-5(8(6)10)4-7(11)12-13/h1-3,13H,4H2,(H2,11,12). The van der Waals surface area contributed by atoms with Gasteiger partial charge < -0.3 is 10.9 Å². The average Bonchev–Trinajstić information content (AvgIpc) is 2.13.